The van der Waals surface area contributed by atoms with E-state index in [1.165, 1.54) is 14.2 Å². The summed E-state index contributed by atoms with van der Waals surface area (Å²) in [5.41, 5.74) is 3.61. The third-order valence-corrected chi connectivity index (χ3v) is 3.20. The second kappa shape index (κ2) is 6.22. The van der Waals surface area contributed by atoms with Gasteiger partial charge in [0.05, 0.1) is 25.3 Å². The van der Waals surface area contributed by atoms with Gasteiger partial charge in [0.2, 0.25) is 0 Å². The molecule has 0 unspecified atom stereocenters. The lowest BCUT2D eigenvalue weighted by molar-refractivity contribution is 0.0592. The molecule has 0 spiro atoms. The maximum Gasteiger partial charge on any atom is 0.338 e. The molecule has 0 saturated carbocycles. The SMILES string of the molecule is COC(=O)c1ccc(-c2cc(C)ccc2C(=O)OC)cc1. The van der Waals surface area contributed by atoms with E-state index in [4.69, 9.17) is 4.74 Å². The van der Waals surface area contributed by atoms with Crippen molar-refractivity contribution in [1.82, 2.24) is 0 Å². The van der Waals surface area contributed by atoms with Gasteiger partial charge in [-0.05, 0) is 36.2 Å². The summed E-state index contributed by atoms with van der Waals surface area (Å²) in [7, 11) is 2.69. The van der Waals surface area contributed by atoms with Crippen LogP contribution < -0.4 is 0 Å². The zero-order chi connectivity index (χ0) is 15.4. The van der Waals surface area contributed by atoms with Crippen molar-refractivity contribution >= 4 is 11.9 Å². The Morgan fingerprint density at radius 1 is 0.857 bits per heavy atom. The molecule has 2 rings (SSSR count). The van der Waals surface area contributed by atoms with Gasteiger partial charge in [-0.15, -0.1) is 0 Å². The molecule has 0 radical (unpaired) electrons. The van der Waals surface area contributed by atoms with Gasteiger partial charge in [-0.2, -0.15) is 0 Å². The van der Waals surface area contributed by atoms with Crippen LogP contribution in [0.3, 0.4) is 0 Å². The number of hydrogen-bond acceptors (Lipinski definition) is 4. The molecule has 0 aromatic heterocycles. The zero-order valence-electron chi connectivity index (χ0n) is 12.2. The van der Waals surface area contributed by atoms with Gasteiger partial charge in [0.15, 0.2) is 0 Å². The standard InChI is InChI=1S/C17H16O4/c1-11-4-9-14(17(19)21-3)15(10-11)12-5-7-13(8-6-12)16(18)20-2/h4-10H,1-3H3. The average Bonchev–Trinajstić information content (AvgIpc) is 2.53. The van der Waals surface area contributed by atoms with E-state index in [0.29, 0.717) is 11.1 Å². The van der Waals surface area contributed by atoms with Crippen molar-refractivity contribution in [3.63, 3.8) is 0 Å². The van der Waals surface area contributed by atoms with Crippen LogP contribution >= 0.6 is 0 Å². The molecule has 0 aliphatic heterocycles. The Balaban J connectivity index is 2.48. The zero-order valence-corrected chi connectivity index (χ0v) is 12.2. The van der Waals surface area contributed by atoms with Crippen LogP contribution in [-0.2, 0) is 9.47 Å². The topological polar surface area (TPSA) is 52.6 Å². The van der Waals surface area contributed by atoms with E-state index < -0.39 is 0 Å². The van der Waals surface area contributed by atoms with Crippen LogP contribution in [0.1, 0.15) is 26.3 Å². The molecule has 108 valence electrons. The Hall–Kier alpha value is -2.62. The Morgan fingerprint density at radius 3 is 2.05 bits per heavy atom. The number of carbonyl (C=O) groups excluding carboxylic acids is 2. The predicted molar refractivity (Wildman–Crippen MR) is 79.3 cm³/mol. The van der Waals surface area contributed by atoms with Gasteiger partial charge < -0.3 is 9.47 Å². The number of benzene rings is 2. The summed E-state index contributed by atoms with van der Waals surface area (Å²) in [4.78, 5) is 23.3. The van der Waals surface area contributed by atoms with Gasteiger partial charge >= 0.3 is 11.9 Å². The molecule has 0 fully saturated rings. The summed E-state index contributed by atoms with van der Waals surface area (Å²) >= 11 is 0. The van der Waals surface area contributed by atoms with Crippen LogP contribution in [0.25, 0.3) is 11.1 Å². The molecule has 0 heterocycles. The van der Waals surface area contributed by atoms with E-state index in [2.05, 4.69) is 4.74 Å². The molecular weight excluding hydrogens is 268 g/mol. The fraction of sp³-hybridized carbons (Fsp3) is 0.176. The molecule has 0 N–H and O–H groups in total. The third kappa shape index (κ3) is 3.11. The number of carbonyl (C=O) groups is 2. The summed E-state index contributed by atoms with van der Waals surface area (Å²) in [6, 6.07) is 12.4. The Kier molecular flexibility index (Phi) is 4.38. The average molecular weight is 284 g/mol. The predicted octanol–water partition coefficient (Wildman–Crippen LogP) is 3.24. The summed E-state index contributed by atoms with van der Waals surface area (Å²) < 4.78 is 9.47. The first-order valence-electron chi connectivity index (χ1n) is 6.44. The number of esters is 2. The lowest BCUT2D eigenvalue weighted by Gasteiger charge is -2.10. The van der Waals surface area contributed by atoms with Gasteiger partial charge in [-0.3, -0.25) is 0 Å². The normalized spacial score (nSPS) is 10.0. The van der Waals surface area contributed by atoms with Crippen LogP contribution in [0.5, 0.6) is 0 Å². The number of hydrogen-bond donors (Lipinski definition) is 0. The number of ether oxygens (including phenoxy) is 2. The van der Waals surface area contributed by atoms with Crippen LogP contribution in [0.2, 0.25) is 0 Å². The quantitative estimate of drug-likeness (QED) is 0.812. The van der Waals surface area contributed by atoms with Crippen molar-refractivity contribution in [3.05, 3.63) is 59.2 Å². The fourth-order valence-electron chi connectivity index (χ4n) is 2.09. The molecule has 0 saturated heterocycles. The maximum atomic E-state index is 11.8. The van der Waals surface area contributed by atoms with Crippen LogP contribution in [0.15, 0.2) is 42.5 Å². The second-order valence-electron chi connectivity index (χ2n) is 4.61. The van der Waals surface area contributed by atoms with E-state index in [-0.39, 0.29) is 11.9 Å². The van der Waals surface area contributed by atoms with Crippen molar-refractivity contribution in [3.8, 4) is 11.1 Å². The van der Waals surface area contributed by atoms with E-state index in [9.17, 15) is 9.59 Å². The minimum absolute atomic E-state index is 0.387. The van der Waals surface area contributed by atoms with Crippen molar-refractivity contribution < 1.29 is 19.1 Å². The van der Waals surface area contributed by atoms with Crippen molar-refractivity contribution in [2.75, 3.05) is 14.2 Å². The molecule has 2 aromatic rings. The highest BCUT2D eigenvalue weighted by Gasteiger charge is 2.14. The molecule has 0 amide bonds. The summed E-state index contributed by atoms with van der Waals surface area (Å²) in [6.45, 7) is 1.95. The molecule has 4 heteroatoms. The highest BCUT2D eigenvalue weighted by atomic mass is 16.5. The lowest BCUT2D eigenvalue weighted by Crippen LogP contribution is -2.04. The smallest absolute Gasteiger partial charge is 0.338 e. The molecule has 4 nitrogen and oxygen atoms in total. The second-order valence-corrected chi connectivity index (χ2v) is 4.61. The maximum absolute atomic E-state index is 11.8. The Morgan fingerprint density at radius 2 is 1.48 bits per heavy atom. The summed E-state index contributed by atoms with van der Waals surface area (Å²) in [6.07, 6.45) is 0. The molecular formula is C17H16O4. The van der Waals surface area contributed by atoms with Gasteiger partial charge in [0.25, 0.3) is 0 Å². The van der Waals surface area contributed by atoms with Gasteiger partial charge in [-0.1, -0.05) is 29.8 Å². The molecule has 0 atom stereocenters. The van der Waals surface area contributed by atoms with Gasteiger partial charge in [0, 0.05) is 0 Å². The Bertz CT molecular complexity index is 672. The van der Waals surface area contributed by atoms with E-state index >= 15 is 0 Å². The van der Waals surface area contributed by atoms with E-state index in [1.807, 2.05) is 19.1 Å². The van der Waals surface area contributed by atoms with E-state index in [0.717, 1.165) is 16.7 Å². The summed E-state index contributed by atoms with van der Waals surface area (Å²) in [5.74, 6) is -0.777. The van der Waals surface area contributed by atoms with Crippen molar-refractivity contribution in [1.29, 1.82) is 0 Å². The molecule has 2 aromatic carbocycles. The minimum Gasteiger partial charge on any atom is -0.465 e. The molecule has 0 aliphatic rings. The fourth-order valence-corrected chi connectivity index (χ4v) is 2.09. The first kappa shape index (κ1) is 14.8. The molecule has 21 heavy (non-hydrogen) atoms. The summed E-state index contributed by atoms with van der Waals surface area (Å²) in [5, 5.41) is 0. The van der Waals surface area contributed by atoms with Gasteiger partial charge in [0.1, 0.15) is 0 Å². The number of rotatable bonds is 3. The van der Waals surface area contributed by atoms with Crippen LogP contribution in [-0.4, -0.2) is 26.2 Å². The van der Waals surface area contributed by atoms with Crippen LogP contribution in [0, 0.1) is 6.92 Å². The van der Waals surface area contributed by atoms with Crippen molar-refractivity contribution in [2.45, 2.75) is 6.92 Å². The highest BCUT2D eigenvalue weighted by molar-refractivity contribution is 5.98. The van der Waals surface area contributed by atoms with Crippen molar-refractivity contribution in [2.24, 2.45) is 0 Å². The highest BCUT2D eigenvalue weighted by Crippen LogP contribution is 2.26. The van der Waals surface area contributed by atoms with Crippen LogP contribution in [0.4, 0.5) is 0 Å². The molecule has 0 aliphatic carbocycles. The largest absolute Gasteiger partial charge is 0.465 e. The first-order chi connectivity index (χ1) is 10.1. The molecule has 0 bridgehead atoms. The third-order valence-electron chi connectivity index (χ3n) is 3.20. The number of aryl methyl sites for hydroxylation is 1. The number of methoxy groups -OCH3 is 2. The first-order valence-corrected chi connectivity index (χ1v) is 6.44. The van der Waals surface area contributed by atoms with Gasteiger partial charge in [-0.25, -0.2) is 9.59 Å². The monoisotopic (exact) mass is 284 g/mol. The van der Waals surface area contributed by atoms with E-state index in [1.54, 1.807) is 30.3 Å². The minimum atomic E-state index is -0.390. The Labute approximate surface area is 123 Å². The lowest BCUT2D eigenvalue weighted by atomic mass is 9.97.